The second kappa shape index (κ2) is 9.18. The molecule has 8 nitrogen and oxygen atoms in total. The van der Waals surface area contributed by atoms with Gasteiger partial charge in [-0.25, -0.2) is 4.79 Å². The van der Waals surface area contributed by atoms with Crippen LogP contribution >= 0.6 is 0 Å². The first kappa shape index (κ1) is 22.1. The molecule has 0 saturated heterocycles. The molecule has 170 valence electrons. The molecule has 1 aliphatic rings. The summed E-state index contributed by atoms with van der Waals surface area (Å²) in [6.45, 7) is 8.10. The molecule has 1 amide bonds. The number of carbonyl (C=O) groups is 1. The first-order valence-electron chi connectivity index (χ1n) is 10.9. The van der Waals surface area contributed by atoms with Crippen molar-refractivity contribution in [1.82, 2.24) is 10.1 Å². The van der Waals surface area contributed by atoms with Crippen LogP contribution in [0.25, 0.3) is 11.0 Å². The SMILES string of the molecule is CC(C)(C)OC(=O)Nc1cccc2c(NC[C@H](O)CN3CCc4ccccc4C3)noc12. The van der Waals surface area contributed by atoms with Crippen LogP contribution in [0.4, 0.5) is 16.3 Å². The lowest BCUT2D eigenvalue weighted by atomic mass is 10.00. The molecular weight excluding hydrogens is 408 g/mol. The van der Waals surface area contributed by atoms with E-state index >= 15 is 0 Å². The highest BCUT2D eigenvalue weighted by Gasteiger charge is 2.21. The zero-order chi connectivity index (χ0) is 22.7. The predicted octanol–water partition coefficient (Wildman–Crippen LogP) is 4.01. The quantitative estimate of drug-likeness (QED) is 0.535. The van der Waals surface area contributed by atoms with Crippen LogP contribution in [0.1, 0.15) is 31.9 Å². The molecule has 1 aliphatic heterocycles. The molecule has 32 heavy (non-hydrogen) atoms. The number of aliphatic hydroxyl groups is 1. The smallest absolute Gasteiger partial charge is 0.412 e. The molecule has 0 spiro atoms. The lowest BCUT2D eigenvalue weighted by Crippen LogP contribution is -2.39. The normalized spacial score (nSPS) is 15.2. The fourth-order valence-corrected chi connectivity index (χ4v) is 3.89. The maximum Gasteiger partial charge on any atom is 0.412 e. The van der Waals surface area contributed by atoms with E-state index in [1.807, 2.05) is 6.07 Å². The summed E-state index contributed by atoms with van der Waals surface area (Å²) in [4.78, 5) is 14.4. The van der Waals surface area contributed by atoms with E-state index in [9.17, 15) is 9.90 Å². The highest BCUT2D eigenvalue weighted by molar-refractivity contribution is 6.00. The Bertz CT molecular complexity index is 1090. The van der Waals surface area contributed by atoms with Crippen LogP contribution < -0.4 is 10.6 Å². The van der Waals surface area contributed by atoms with Crippen LogP contribution in [-0.2, 0) is 17.7 Å². The molecule has 0 radical (unpaired) electrons. The summed E-state index contributed by atoms with van der Waals surface area (Å²) < 4.78 is 10.8. The number of aliphatic hydroxyl groups excluding tert-OH is 1. The number of nitrogens with zero attached hydrogens (tertiary/aromatic N) is 2. The average molecular weight is 439 g/mol. The molecule has 0 fully saturated rings. The monoisotopic (exact) mass is 438 g/mol. The summed E-state index contributed by atoms with van der Waals surface area (Å²) in [5.74, 6) is 0.524. The topological polar surface area (TPSA) is 99.9 Å². The van der Waals surface area contributed by atoms with Crippen molar-refractivity contribution < 1.29 is 19.2 Å². The van der Waals surface area contributed by atoms with Crippen LogP contribution in [-0.4, -0.2) is 52.6 Å². The van der Waals surface area contributed by atoms with Gasteiger partial charge in [-0.2, -0.15) is 0 Å². The number of fused-ring (bicyclic) bond motifs is 2. The van der Waals surface area contributed by atoms with Crippen molar-refractivity contribution in [2.24, 2.45) is 0 Å². The minimum atomic E-state index is -0.599. The Morgan fingerprint density at radius 2 is 2.00 bits per heavy atom. The van der Waals surface area contributed by atoms with Crippen molar-refractivity contribution in [3.8, 4) is 0 Å². The van der Waals surface area contributed by atoms with E-state index < -0.39 is 17.8 Å². The maximum atomic E-state index is 12.1. The van der Waals surface area contributed by atoms with Crippen molar-refractivity contribution >= 4 is 28.6 Å². The third-order valence-electron chi connectivity index (χ3n) is 5.32. The molecule has 3 aromatic rings. The second-order valence-corrected chi connectivity index (χ2v) is 9.13. The fraction of sp³-hybridized carbons (Fsp3) is 0.417. The number of anilines is 2. The van der Waals surface area contributed by atoms with Crippen LogP contribution in [0.2, 0.25) is 0 Å². The van der Waals surface area contributed by atoms with Gasteiger partial charge in [0.25, 0.3) is 0 Å². The van der Waals surface area contributed by atoms with Gasteiger partial charge in [0.1, 0.15) is 5.60 Å². The van der Waals surface area contributed by atoms with Crippen LogP contribution in [0, 0.1) is 0 Å². The van der Waals surface area contributed by atoms with Crippen LogP contribution in [0.5, 0.6) is 0 Å². The average Bonchev–Trinajstić information content (AvgIpc) is 3.15. The summed E-state index contributed by atoms with van der Waals surface area (Å²) in [6, 6.07) is 13.8. The van der Waals surface area contributed by atoms with E-state index in [1.54, 1.807) is 32.9 Å². The molecule has 8 heteroatoms. The van der Waals surface area contributed by atoms with Gasteiger partial charge in [-0.05, 0) is 50.5 Å². The van der Waals surface area contributed by atoms with Crippen LogP contribution in [0.3, 0.4) is 0 Å². The Labute approximate surface area is 187 Å². The Balaban J connectivity index is 1.35. The highest BCUT2D eigenvalue weighted by Crippen LogP contribution is 2.29. The zero-order valence-corrected chi connectivity index (χ0v) is 18.7. The van der Waals surface area contributed by atoms with Gasteiger partial charge in [-0.15, -0.1) is 0 Å². The van der Waals surface area contributed by atoms with E-state index in [0.717, 1.165) is 24.9 Å². The summed E-state index contributed by atoms with van der Waals surface area (Å²) >= 11 is 0. The summed E-state index contributed by atoms with van der Waals surface area (Å²) in [5, 5.41) is 21.2. The number of amides is 1. The molecule has 4 rings (SSSR count). The Kier molecular flexibility index (Phi) is 6.34. The molecule has 0 aliphatic carbocycles. The van der Waals surface area contributed by atoms with E-state index in [-0.39, 0.29) is 0 Å². The van der Waals surface area contributed by atoms with E-state index in [2.05, 4.69) is 45.0 Å². The van der Waals surface area contributed by atoms with Crippen molar-refractivity contribution in [2.75, 3.05) is 30.3 Å². The number of nitrogens with one attached hydrogen (secondary N) is 2. The van der Waals surface area contributed by atoms with Gasteiger partial charge in [0.2, 0.25) is 0 Å². The number of benzene rings is 2. The number of β-amino-alcohol motifs (C(OH)–C–C–N with tert-alkyl or cyclic N) is 1. The Morgan fingerprint density at radius 3 is 2.78 bits per heavy atom. The number of carbonyl (C=O) groups excluding carboxylic acids is 1. The zero-order valence-electron chi connectivity index (χ0n) is 18.7. The van der Waals surface area contributed by atoms with Gasteiger partial charge >= 0.3 is 6.09 Å². The second-order valence-electron chi connectivity index (χ2n) is 9.13. The van der Waals surface area contributed by atoms with Gasteiger partial charge in [-0.3, -0.25) is 10.2 Å². The predicted molar refractivity (Wildman–Crippen MR) is 124 cm³/mol. The first-order valence-corrected chi connectivity index (χ1v) is 10.9. The summed E-state index contributed by atoms with van der Waals surface area (Å²) in [5.41, 5.74) is 3.04. The molecular formula is C24H30N4O4. The minimum Gasteiger partial charge on any atom is -0.444 e. The first-order chi connectivity index (χ1) is 15.3. The number of rotatable bonds is 6. The van der Waals surface area contributed by atoms with Crippen molar-refractivity contribution in [3.63, 3.8) is 0 Å². The molecule has 2 aromatic carbocycles. The lowest BCUT2D eigenvalue weighted by Gasteiger charge is -2.30. The van der Waals surface area contributed by atoms with Gasteiger partial charge in [-0.1, -0.05) is 35.5 Å². The fourth-order valence-electron chi connectivity index (χ4n) is 3.89. The number of hydrogen-bond acceptors (Lipinski definition) is 7. The number of para-hydroxylation sites is 1. The third kappa shape index (κ3) is 5.38. The molecule has 1 atom stereocenters. The molecule has 0 bridgehead atoms. The third-order valence-corrected chi connectivity index (χ3v) is 5.32. The number of aromatic nitrogens is 1. The lowest BCUT2D eigenvalue weighted by molar-refractivity contribution is 0.0636. The van der Waals surface area contributed by atoms with Crippen molar-refractivity contribution in [2.45, 2.75) is 45.4 Å². The molecule has 0 saturated carbocycles. The standard InChI is InChI=1S/C24H30N4O4/c1-24(2,3)31-23(30)26-20-10-6-9-19-21(20)32-27-22(19)25-13-18(29)15-28-12-11-16-7-4-5-8-17(16)14-28/h4-10,18,29H,11-15H2,1-3H3,(H,25,27)(H,26,30)/t18-/m0/s1. The Hall–Kier alpha value is -3.10. The number of hydrogen-bond donors (Lipinski definition) is 3. The van der Waals surface area contributed by atoms with E-state index in [4.69, 9.17) is 9.26 Å². The largest absolute Gasteiger partial charge is 0.444 e. The summed E-state index contributed by atoms with van der Waals surface area (Å²) in [7, 11) is 0. The number of ether oxygens (including phenoxy) is 1. The van der Waals surface area contributed by atoms with E-state index in [1.165, 1.54) is 11.1 Å². The van der Waals surface area contributed by atoms with E-state index in [0.29, 0.717) is 30.2 Å². The minimum absolute atomic E-state index is 0.337. The molecule has 1 aromatic heterocycles. The van der Waals surface area contributed by atoms with Gasteiger partial charge < -0.3 is 19.7 Å². The van der Waals surface area contributed by atoms with Crippen molar-refractivity contribution in [1.29, 1.82) is 0 Å². The highest BCUT2D eigenvalue weighted by atomic mass is 16.6. The van der Waals surface area contributed by atoms with Crippen molar-refractivity contribution in [3.05, 3.63) is 53.6 Å². The molecule has 3 N–H and O–H groups in total. The van der Waals surface area contributed by atoms with Crippen LogP contribution in [0.15, 0.2) is 47.0 Å². The maximum absolute atomic E-state index is 12.1. The van der Waals surface area contributed by atoms with Gasteiger partial charge in [0.05, 0.1) is 17.2 Å². The molecule has 2 heterocycles. The summed E-state index contributed by atoms with van der Waals surface area (Å²) in [6.07, 6.45) is -0.123. The Morgan fingerprint density at radius 1 is 1.22 bits per heavy atom. The van der Waals surface area contributed by atoms with Gasteiger partial charge in [0, 0.05) is 26.2 Å². The molecule has 0 unspecified atom stereocenters. The van der Waals surface area contributed by atoms with Gasteiger partial charge in [0.15, 0.2) is 11.4 Å².